The zero-order valence-corrected chi connectivity index (χ0v) is 8.92. The van der Waals surface area contributed by atoms with Crippen molar-refractivity contribution < 1.29 is 0 Å². The molecule has 0 amide bonds. The van der Waals surface area contributed by atoms with Crippen molar-refractivity contribution in [2.24, 2.45) is 0 Å². The molecule has 62 valence electrons. The minimum absolute atomic E-state index is 0.610. The summed E-state index contributed by atoms with van der Waals surface area (Å²) < 4.78 is 1.56. The summed E-state index contributed by atoms with van der Waals surface area (Å²) in [5.41, 5.74) is 1.50. The SMILES string of the molecule is CCCc1ccc2cc[se]c2c1. The first kappa shape index (κ1) is 8.09. The molecule has 1 aromatic carbocycles. The molecule has 0 unspecified atom stereocenters. The second-order valence-corrected chi connectivity index (χ2v) is 5.03. The molecule has 0 nitrogen and oxygen atoms in total. The molecule has 1 heteroatoms. The molecule has 1 heterocycles. The van der Waals surface area contributed by atoms with E-state index in [4.69, 9.17) is 0 Å². The van der Waals surface area contributed by atoms with Gasteiger partial charge >= 0.3 is 78.7 Å². The maximum absolute atomic E-state index is 2.37. The monoisotopic (exact) mass is 224 g/mol. The molecule has 0 bridgehead atoms. The van der Waals surface area contributed by atoms with E-state index in [1.54, 1.807) is 4.26 Å². The predicted octanol–water partition coefficient (Wildman–Crippen LogP) is 2.85. The Morgan fingerprint density at radius 1 is 1.25 bits per heavy atom. The molecule has 0 saturated carbocycles. The van der Waals surface area contributed by atoms with Gasteiger partial charge in [0.1, 0.15) is 0 Å². The molecule has 2 aromatic rings. The predicted molar refractivity (Wildman–Crippen MR) is 54.9 cm³/mol. The number of fused-ring (bicyclic) bond motifs is 1. The van der Waals surface area contributed by atoms with Crippen LogP contribution in [0.15, 0.2) is 29.2 Å². The van der Waals surface area contributed by atoms with Gasteiger partial charge in [0.15, 0.2) is 0 Å². The van der Waals surface area contributed by atoms with Gasteiger partial charge in [-0.2, -0.15) is 0 Å². The van der Waals surface area contributed by atoms with E-state index >= 15 is 0 Å². The summed E-state index contributed by atoms with van der Waals surface area (Å²) in [7, 11) is 0. The van der Waals surface area contributed by atoms with E-state index in [1.807, 2.05) is 0 Å². The van der Waals surface area contributed by atoms with Crippen LogP contribution in [0.5, 0.6) is 0 Å². The quantitative estimate of drug-likeness (QED) is 0.687. The topological polar surface area (TPSA) is 0 Å². The fourth-order valence-corrected chi connectivity index (χ4v) is 3.23. The third-order valence-corrected chi connectivity index (χ3v) is 3.90. The molecule has 0 N–H and O–H groups in total. The van der Waals surface area contributed by atoms with Crippen LogP contribution >= 0.6 is 0 Å². The van der Waals surface area contributed by atoms with Crippen molar-refractivity contribution in [3.8, 4) is 0 Å². The zero-order valence-electron chi connectivity index (χ0n) is 7.21. The fourth-order valence-electron chi connectivity index (χ4n) is 1.44. The van der Waals surface area contributed by atoms with Gasteiger partial charge in [0.2, 0.25) is 0 Å². The summed E-state index contributed by atoms with van der Waals surface area (Å²) in [6.07, 6.45) is 2.47. The van der Waals surface area contributed by atoms with Crippen LogP contribution in [0, 0.1) is 0 Å². The summed E-state index contributed by atoms with van der Waals surface area (Å²) in [6.45, 7) is 2.23. The molecule has 0 atom stereocenters. The molecule has 0 fully saturated rings. The van der Waals surface area contributed by atoms with Gasteiger partial charge in [-0.05, 0) is 0 Å². The normalized spacial score (nSPS) is 10.8. The Morgan fingerprint density at radius 2 is 2.17 bits per heavy atom. The van der Waals surface area contributed by atoms with Crippen LogP contribution in [0.1, 0.15) is 18.9 Å². The Labute approximate surface area is 79.0 Å². The van der Waals surface area contributed by atoms with Crippen LogP contribution in [0.3, 0.4) is 0 Å². The standard InChI is InChI=1S/C11H12Se/c1-2-3-9-4-5-10-6-7-12-11(10)8-9/h4-8H,2-3H2,1H3. The third-order valence-electron chi connectivity index (χ3n) is 2.06. The average Bonchev–Trinajstić information content (AvgIpc) is 2.51. The minimum atomic E-state index is 0.610. The molecule has 12 heavy (non-hydrogen) atoms. The first-order valence-electron chi connectivity index (χ1n) is 4.36. The molecule has 2 rings (SSSR count). The zero-order chi connectivity index (χ0) is 8.39. The second-order valence-electron chi connectivity index (χ2n) is 3.04. The summed E-state index contributed by atoms with van der Waals surface area (Å²) in [5, 5.41) is 1.44. The molecule has 0 aliphatic heterocycles. The number of benzene rings is 1. The summed E-state index contributed by atoms with van der Waals surface area (Å²) in [4.78, 5) is 2.30. The van der Waals surface area contributed by atoms with Crippen molar-refractivity contribution in [2.45, 2.75) is 19.8 Å². The van der Waals surface area contributed by atoms with Gasteiger partial charge in [0, 0.05) is 0 Å². The van der Waals surface area contributed by atoms with Crippen LogP contribution in [-0.4, -0.2) is 14.5 Å². The average molecular weight is 223 g/mol. The first-order chi connectivity index (χ1) is 5.90. The summed E-state index contributed by atoms with van der Waals surface area (Å²) in [6, 6.07) is 9.13. The molecule has 1 aromatic heterocycles. The number of rotatable bonds is 2. The molecule has 0 radical (unpaired) electrons. The number of aryl methyl sites for hydroxylation is 1. The van der Waals surface area contributed by atoms with E-state index in [-0.39, 0.29) is 0 Å². The van der Waals surface area contributed by atoms with Gasteiger partial charge in [-0.25, -0.2) is 0 Å². The van der Waals surface area contributed by atoms with Gasteiger partial charge in [0.25, 0.3) is 0 Å². The van der Waals surface area contributed by atoms with E-state index in [1.165, 1.54) is 23.8 Å². The Balaban J connectivity index is 2.46. The van der Waals surface area contributed by atoms with Crippen LogP contribution in [0.4, 0.5) is 0 Å². The van der Waals surface area contributed by atoms with E-state index in [2.05, 4.69) is 36.1 Å². The van der Waals surface area contributed by atoms with Crippen LogP contribution < -0.4 is 0 Å². The van der Waals surface area contributed by atoms with Crippen LogP contribution in [-0.2, 0) is 6.42 Å². The first-order valence-corrected chi connectivity index (χ1v) is 6.21. The van der Waals surface area contributed by atoms with Gasteiger partial charge in [0.05, 0.1) is 0 Å². The van der Waals surface area contributed by atoms with Crippen molar-refractivity contribution in [1.29, 1.82) is 0 Å². The van der Waals surface area contributed by atoms with Gasteiger partial charge in [-0.15, -0.1) is 0 Å². The molecule has 0 aliphatic rings. The van der Waals surface area contributed by atoms with Gasteiger partial charge < -0.3 is 0 Å². The van der Waals surface area contributed by atoms with Crippen LogP contribution in [0.25, 0.3) is 9.65 Å². The van der Waals surface area contributed by atoms with Crippen molar-refractivity contribution in [1.82, 2.24) is 0 Å². The van der Waals surface area contributed by atoms with Crippen molar-refractivity contribution in [3.63, 3.8) is 0 Å². The Bertz CT molecular complexity index is 373. The maximum atomic E-state index is 2.37. The molecule has 0 aliphatic carbocycles. The summed E-state index contributed by atoms with van der Waals surface area (Å²) in [5.74, 6) is 0. The van der Waals surface area contributed by atoms with Crippen molar-refractivity contribution in [3.05, 3.63) is 34.8 Å². The van der Waals surface area contributed by atoms with E-state index < -0.39 is 0 Å². The Kier molecular flexibility index (Phi) is 2.34. The fraction of sp³-hybridized carbons (Fsp3) is 0.273. The van der Waals surface area contributed by atoms with E-state index in [0.717, 1.165) is 0 Å². The molecule has 0 spiro atoms. The van der Waals surface area contributed by atoms with Gasteiger partial charge in [-0.3, -0.25) is 0 Å². The van der Waals surface area contributed by atoms with Crippen LogP contribution in [0.2, 0.25) is 0 Å². The van der Waals surface area contributed by atoms with E-state index in [0.29, 0.717) is 14.5 Å². The summed E-state index contributed by atoms with van der Waals surface area (Å²) >= 11 is 0.610. The molecule has 0 saturated heterocycles. The van der Waals surface area contributed by atoms with E-state index in [9.17, 15) is 0 Å². The Hall–Kier alpha value is -0.521. The molecular formula is C11H12Se. The van der Waals surface area contributed by atoms with Crippen molar-refractivity contribution >= 4 is 24.1 Å². The number of hydrogen-bond acceptors (Lipinski definition) is 0. The number of hydrogen-bond donors (Lipinski definition) is 0. The molecular weight excluding hydrogens is 211 g/mol. The van der Waals surface area contributed by atoms with Gasteiger partial charge in [-0.1, -0.05) is 0 Å². The third kappa shape index (κ3) is 1.48. The van der Waals surface area contributed by atoms with Crippen molar-refractivity contribution in [2.75, 3.05) is 0 Å². The Morgan fingerprint density at radius 3 is 3.00 bits per heavy atom. The second kappa shape index (κ2) is 3.47.